The molecule has 3 unspecified atom stereocenters. The molecule has 0 aliphatic heterocycles. The Morgan fingerprint density at radius 3 is 2.75 bits per heavy atom. The molecule has 3 atom stereocenters. The van der Waals surface area contributed by atoms with E-state index in [1.807, 2.05) is 32.8 Å². The standard InChI is InChI=1S/C15H30N2O3/c1-5-20-14(18)12-7-6-8-13(9-12)16-10-15(2,19)11-17(3)4/h12-13,16,19H,5-11H2,1-4H3. The first-order valence-corrected chi connectivity index (χ1v) is 7.61. The van der Waals surface area contributed by atoms with E-state index in [-0.39, 0.29) is 11.9 Å². The van der Waals surface area contributed by atoms with Crippen molar-refractivity contribution in [3.05, 3.63) is 0 Å². The fourth-order valence-electron chi connectivity index (χ4n) is 2.95. The summed E-state index contributed by atoms with van der Waals surface area (Å²) in [6.07, 6.45) is 3.84. The summed E-state index contributed by atoms with van der Waals surface area (Å²) in [6.45, 7) is 5.30. The Morgan fingerprint density at radius 1 is 1.45 bits per heavy atom. The molecule has 0 heterocycles. The molecule has 0 bridgehead atoms. The van der Waals surface area contributed by atoms with Gasteiger partial charge < -0.3 is 20.1 Å². The highest BCUT2D eigenvalue weighted by molar-refractivity contribution is 5.72. The second-order valence-electron chi connectivity index (χ2n) is 6.43. The second-order valence-corrected chi connectivity index (χ2v) is 6.43. The van der Waals surface area contributed by atoms with Crippen LogP contribution in [0.1, 0.15) is 39.5 Å². The zero-order valence-corrected chi connectivity index (χ0v) is 13.3. The van der Waals surface area contributed by atoms with Gasteiger partial charge in [0.2, 0.25) is 0 Å². The minimum atomic E-state index is -0.750. The van der Waals surface area contributed by atoms with Crippen molar-refractivity contribution in [3.63, 3.8) is 0 Å². The van der Waals surface area contributed by atoms with Gasteiger partial charge >= 0.3 is 5.97 Å². The highest BCUT2D eigenvalue weighted by Crippen LogP contribution is 2.25. The molecule has 0 aromatic carbocycles. The molecule has 20 heavy (non-hydrogen) atoms. The van der Waals surface area contributed by atoms with E-state index in [0.29, 0.717) is 25.7 Å². The number of ether oxygens (including phenoxy) is 1. The van der Waals surface area contributed by atoms with Gasteiger partial charge in [0.1, 0.15) is 0 Å². The number of hydrogen-bond donors (Lipinski definition) is 2. The lowest BCUT2D eigenvalue weighted by atomic mass is 9.85. The topological polar surface area (TPSA) is 61.8 Å². The Morgan fingerprint density at radius 2 is 2.15 bits per heavy atom. The molecule has 1 fully saturated rings. The van der Waals surface area contributed by atoms with Crippen LogP contribution in [-0.2, 0) is 9.53 Å². The van der Waals surface area contributed by atoms with Crippen LogP contribution in [0.25, 0.3) is 0 Å². The number of carbonyl (C=O) groups is 1. The minimum absolute atomic E-state index is 0.0139. The molecule has 5 heteroatoms. The lowest BCUT2D eigenvalue weighted by molar-refractivity contribution is -0.149. The van der Waals surface area contributed by atoms with E-state index in [4.69, 9.17) is 4.74 Å². The number of nitrogens with zero attached hydrogens (tertiary/aromatic N) is 1. The van der Waals surface area contributed by atoms with Gasteiger partial charge in [-0.3, -0.25) is 4.79 Å². The number of nitrogens with one attached hydrogen (secondary N) is 1. The van der Waals surface area contributed by atoms with E-state index < -0.39 is 5.60 Å². The molecule has 0 aromatic heterocycles. The summed E-state index contributed by atoms with van der Waals surface area (Å²) in [4.78, 5) is 13.8. The number of hydrogen-bond acceptors (Lipinski definition) is 5. The molecule has 1 saturated carbocycles. The minimum Gasteiger partial charge on any atom is -0.466 e. The fourth-order valence-corrected chi connectivity index (χ4v) is 2.95. The smallest absolute Gasteiger partial charge is 0.308 e. The maximum absolute atomic E-state index is 11.8. The first kappa shape index (κ1) is 17.4. The predicted molar refractivity (Wildman–Crippen MR) is 79.6 cm³/mol. The van der Waals surface area contributed by atoms with Crippen molar-refractivity contribution < 1.29 is 14.6 Å². The lowest BCUT2D eigenvalue weighted by Crippen LogP contribution is -2.49. The van der Waals surface area contributed by atoms with Crippen molar-refractivity contribution in [3.8, 4) is 0 Å². The van der Waals surface area contributed by atoms with Crippen LogP contribution in [0.5, 0.6) is 0 Å². The normalized spacial score (nSPS) is 26.3. The number of aliphatic hydroxyl groups is 1. The van der Waals surface area contributed by atoms with Crippen molar-refractivity contribution in [2.24, 2.45) is 5.92 Å². The molecular weight excluding hydrogens is 256 g/mol. The van der Waals surface area contributed by atoms with Crippen LogP contribution in [0.2, 0.25) is 0 Å². The maximum Gasteiger partial charge on any atom is 0.308 e. The molecule has 118 valence electrons. The first-order chi connectivity index (χ1) is 9.34. The van der Waals surface area contributed by atoms with Crippen LogP contribution in [0.3, 0.4) is 0 Å². The molecule has 1 aliphatic carbocycles. The van der Waals surface area contributed by atoms with Crippen molar-refractivity contribution in [2.75, 3.05) is 33.8 Å². The molecule has 1 rings (SSSR count). The number of esters is 1. The Kier molecular flexibility index (Phi) is 6.92. The van der Waals surface area contributed by atoms with E-state index in [9.17, 15) is 9.90 Å². The number of likely N-dealkylation sites (N-methyl/N-ethyl adjacent to an activating group) is 1. The quantitative estimate of drug-likeness (QED) is 0.684. The molecule has 2 N–H and O–H groups in total. The zero-order valence-electron chi connectivity index (χ0n) is 13.3. The van der Waals surface area contributed by atoms with E-state index in [2.05, 4.69) is 5.32 Å². The van der Waals surface area contributed by atoms with Crippen molar-refractivity contribution in [1.29, 1.82) is 0 Å². The van der Waals surface area contributed by atoms with E-state index in [0.717, 1.165) is 25.7 Å². The highest BCUT2D eigenvalue weighted by Gasteiger charge is 2.29. The molecule has 0 aromatic rings. The van der Waals surface area contributed by atoms with Crippen molar-refractivity contribution >= 4 is 5.97 Å². The van der Waals surface area contributed by atoms with Crippen molar-refractivity contribution in [2.45, 2.75) is 51.2 Å². The van der Waals surface area contributed by atoms with E-state index in [1.54, 1.807) is 0 Å². The van der Waals surface area contributed by atoms with E-state index in [1.165, 1.54) is 0 Å². The molecule has 1 aliphatic rings. The lowest BCUT2D eigenvalue weighted by Gasteiger charge is -2.33. The Balaban J connectivity index is 2.38. The monoisotopic (exact) mass is 286 g/mol. The van der Waals surface area contributed by atoms with Crippen LogP contribution in [0, 0.1) is 5.92 Å². The van der Waals surface area contributed by atoms with Crippen LogP contribution in [0.15, 0.2) is 0 Å². The SMILES string of the molecule is CCOC(=O)C1CCCC(NCC(C)(O)CN(C)C)C1. The van der Waals surface area contributed by atoms with Gasteiger partial charge in [0.25, 0.3) is 0 Å². The molecule has 5 nitrogen and oxygen atoms in total. The summed E-state index contributed by atoms with van der Waals surface area (Å²) in [5.41, 5.74) is -0.750. The Hall–Kier alpha value is -0.650. The first-order valence-electron chi connectivity index (χ1n) is 7.61. The van der Waals surface area contributed by atoms with Gasteiger partial charge in [-0.15, -0.1) is 0 Å². The van der Waals surface area contributed by atoms with Gasteiger partial charge in [-0.05, 0) is 47.2 Å². The third-order valence-electron chi connectivity index (χ3n) is 3.72. The van der Waals surface area contributed by atoms with Gasteiger partial charge in [-0.1, -0.05) is 6.42 Å². The summed E-state index contributed by atoms with van der Waals surface area (Å²) >= 11 is 0. The Bertz CT molecular complexity index is 305. The molecule has 0 radical (unpaired) electrons. The maximum atomic E-state index is 11.8. The zero-order chi connectivity index (χ0) is 15.2. The molecular formula is C15H30N2O3. The van der Waals surface area contributed by atoms with Gasteiger partial charge in [0, 0.05) is 19.1 Å². The third-order valence-corrected chi connectivity index (χ3v) is 3.72. The fraction of sp³-hybridized carbons (Fsp3) is 0.933. The van der Waals surface area contributed by atoms with Crippen LogP contribution < -0.4 is 5.32 Å². The summed E-state index contributed by atoms with van der Waals surface area (Å²) in [6, 6.07) is 0.298. The van der Waals surface area contributed by atoms with Gasteiger partial charge in [0.05, 0.1) is 18.1 Å². The summed E-state index contributed by atoms with van der Waals surface area (Å²) in [7, 11) is 3.90. The van der Waals surface area contributed by atoms with Gasteiger partial charge in [-0.2, -0.15) is 0 Å². The number of carbonyl (C=O) groups excluding carboxylic acids is 1. The largest absolute Gasteiger partial charge is 0.466 e. The van der Waals surface area contributed by atoms with Crippen LogP contribution in [0.4, 0.5) is 0 Å². The van der Waals surface area contributed by atoms with Gasteiger partial charge in [-0.25, -0.2) is 0 Å². The predicted octanol–water partition coefficient (Wildman–Crippen LogP) is 1.01. The summed E-state index contributed by atoms with van der Waals surface area (Å²) < 4.78 is 5.10. The Labute approximate surface area is 122 Å². The molecule has 0 amide bonds. The van der Waals surface area contributed by atoms with Crippen LogP contribution >= 0.6 is 0 Å². The van der Waals surface area contributed by atoms with Crippen molar-refractivity contribution in [1.82, 2.24) is 10.2 Å². The summed E-state index contributed by atoms with van der Waals surface area (Å²) in [5.74, 6) is -0.0564. The average Bonchev–Trinajstić information content (AvgIpc) is 2.36. The van der Waals surface area contributed by atoms with Crippen LogP contribution in [-0.4, -0.2) is 61.4 Å². The highest BCUT2D eigenvalue weighted by atomic mass is 16.5. The average molecular weight is 286 g/mol. The van der Waals surface area contributed by atoms with E-state index >= 15 is 0 Å². The number of rotatable bonds is 7. The third kappa shape index (κ3) is 6.20. The van der Waals surface area contributed by atoms with Gasteiger partial charge in [0.15, 0.2) is 0 Å². The second kappa shape index (κ2) is 7.96. The molecule has 0 saturated heterocycles. The molecule has 0 spiro atoms. The summed E-state index contributed by atoms with van der Waals surface area (Å²) in [5, 5.41) is 13.7.